The van der Waals surface area contributed by atoms with Gasteiger partial charge >= 0.3 is 0 Å². The first-order valence-corrected chi connectivity index (χ1v) is 5.61. The Labute approximate surface area is 87.1 Å². The normalized spacial score (nSPS) is 29.8. The Morgan fingerprint density at radius 2 is 2.29 bits per heavy atom. The predicted molar refractivity (Wildman–Crippen MR) is 57.4 cm³/mol. The summed E-state index contributed by atoms with van der Waals surface area (Å²) < 4.78 is 5.52. The number of hydrogen-bond donors (Lipinski definition) is 1. The van der Waals surface area contributed by atoms with E-state index in [0.29, 0.717) is 12.1 Å². The van der Waals surface area contributed by atoms with Crippen molar-refractivity contribution < 1.29 is 9.84 Å². The number of likely N-dealkylation sites (N-methyl/N-ethyl adjacent to an activating group) is 1. The van der Waals surface area contributed by atoms with E-state index < -0.39 is 0 Å². The van der Waals surface area contributed by atoms with Crippen LogP contribution >= 0.6 is 0 Å². The minimum atomic E-state index is -0.166. The van der Waals surface area contributed by atoms with Gasteiger partial charge in [0.05, 0.1) is 12.2 Å². The lowest BCUT2D eigenvalue weighted by Crippen LogP contribution is -2.37. The molecule has 1 rings (SSSR count). The lowest BCUT2D eigenvalue weighted by molar-refractivity contribution is 0.0814. The van der Waals surface area contributed by atoms with Crippen LogP contribution in [0.15, 0.2) is 0 Å². The number of rotatable bonds is 5. The molecule has 0 aromatic heterocycles. The zero-order valence-electron chi connectivity index (χ0n) is 9.57. The maximum absolute atomic E-state index is 9.14. The molecule has 3 atom stereocenters. The molecule has 0 radical (unpaired) electrons. The van der Waals surface area contributed by atoms with Gasteiger partial charge in [-0.05, 0) is 46.7 Å². The molecule has 3 unspecified atom stereocenters. The molecule has 1 saturated heterocycles. The van der Waals surface area contributed by atoms with Gasteiger partial charge in [-0.1, -0.05) is 0 Å². The van der Waals surface area contributed by atoms with Crippen LogP contribution in [-0.4, -0.2) is 48.5 Å². The van der Waals surface area contributed by atoms with Gasteiger partial charge < -0.3 is 14.7 Å². The predicted octanol–water partition coefficient (Wildman–Crippen LogP) is 1.26. The van der Waals surface area contributed by atoms with E-state index in [9.17, 15) is 0 Å². The van der Waals surface area contributed by atoms with Crippen LogP contribution < -0.4 is 0 Å². The Morgan fingerprint density at radius 1 is 1.57 bits per heavy atom. The van der Waals surface area contributed by atoms with Crippen LogP contribution in [0.25, 0.3) is 0 Å². The first-order valence-electron chi connectivity index (χ1n) is 5.61. The van der Waals surface area contributed by atoms with Crippen LogP contribution in [0.4, 0.5) is 0 Å². The van der Waals surface area contributed by atoms with E-state index in [1.807, 2.05) is 6.92 Å². The highest BCUT2D eigenvalue weighted by molar-refractivity contribution is 4.80. The molecule has 1 aliphatic heterocycles. The van der Waals surface area contributed by atoms with Crippen molar-refractivity contribution in [3.05, 3.63) is 0 Å². The van der Waals surface area contributed by atoms with E-state index in [1.165, 1.54) is 0 Å². The fraction of sp³-hybridized carbons (Fsp3) is 1.00. The topological polar surface area (TPSA) is 32.7 Å². The Balaban J connectivity index is 2.17. The lowest BCUT2D eigenvalue weighted by Gasteiger charge is -2.26. The molecule has 1 N–H and O–H groups in total. The van der Waals surface area contributed by atoms with E-state index in [0.717, 1.165) is 32.4 Å². The fourth-order valence-electron chi connectivity index (χ4n) is 2.10. The molecule has 0 amide bonds. The molecule has 0 saturated carbocycles. The Bertz CT molecular complexity index is 161. The molecule has 1 aliphatic rings. The number of aliphatic hydroxyl groups is 1. The van der Waals surface area contributed by atoms with Crippen LogP contribution in [-0.2, 0) is 4.74 Å². The summed E-state index contributed by atoms with van der Waals surface area (Å²) in [7, 11) is 2.15. The average molecular weight is 201 g/mol. The van der Waals surface area contributed by atoms with E-state index in [2.05, 4.69) is 18.9 Å². The van der Waals surface area contributed by atoms with Gasteiger partial charge in [0.1, 0.15) is 0 Å². The largest absolute Gasteiger partial charge is 0.393 e. The highest BCUT2D eigenvalue weighted by atomic mass is 16.5. The summed E-state index contributed by atoms with van der Waals surface area (Å²) in [5.41, 5.74) is 0. The minimum absolute atomic E-state index is 0.166. The van der Waals surface area contributed by atoms with Crippen molar-refractivity contribution in [2.75, 3.05) is 20.2 Å². The number of aliphatic hydroxyl groups excluding tert-OH is 1. The minimum Gasteiger partial charge on any atom is -0.393 e. The van der Waals surface area contributed by atoms with Gasteiger partial charge in [-0.15, -0.1) is 0 Å². The molecule has 0 spiro atoms. The second kappa shape index (κ2) is 5.69. The number of ether oxygens (including phenoxy) is 1. The van der Waals surface area contributed by atoms with Crippen molar-refractivity contribution in [1.29, 1.82) is 0 Å². The fourth-order valence-corrected chi connectivity index (χ4v) is 2.10. The van der Waals surface area contributed by atoms with Gasteiger partial charge in [-0.25, -0.2) is 0 Å². The third-order valence-corrected chi connectivity index (χ3v) is 3.04. The van der Waals surface area contributed by atoms with Crippen LogP contribution in [0.1, 0.15) is 33.1 Å². The Kier molecular flexibility index (Phi) is 4.85. The SMILES string of the molecule is CC(O)CCCN(C)C1CCOC1C. The van der Waals surface area contributed by atoms with Crippen molar-refractivity contribution in [2.24, 2.45) is 0 Å². The van der Waals surface area contributed by atoms with Gasteiger partial charge in [0.15, 0.2) is 0 Å². The number of hydrogen-bond acceptors (Lipinski definition) is 3. The maximum Gasteiger partial charge on any atom is 0.0702 e. The molecule has 0 aromatic carbocycles. The molecule has 1 fully saturated rings. The standard InChI is InChI=1S/C11H23NO2/c1-9(13)5-4-7-12(3)11-6-8-14-10(11)2/h9-11,13H,4-8H2,1-3H3. The van der Waals surface area contributed by atoms with E-state index in [1.54, 1.807) is 0 Å². The van der Waals surface area contributed by atoms with Crippen molar-refractivity contribution in [1.82, 2.24) is 4.90 Å². The lowest BCUT2D eigenvalue weighted by atomic mass is 10.1. The second-order valence-corrected chi connectivity index (χ2v) is 4.40. The van der Waals surface area contributed by atoms with Gasteiger partial charge in [0, 0.05) is 12.6 Å². The maximum atomic E-state index is 9.14. The molecule has 1 heterocycles. The summed E-state index contributed by atoms with van der Waals surface area (Å²) in [6.07, 6.45) is 3.31. The molecular formula is C11H23NO2. The number of nitrogens with zero attached hydrogens (tertiary/aromatic N) is 1. The van der Waals surface area contributed by atoms with Crippen molar-refractivity contribution in [3.8, 4) is 0 Å². The third kappa shape index (κ3) is 3.56. The third-order valence-electron chi connectivity index (χ3n) is 3.04. The van der Waals surface area contributed by atoms with Crippen LogP contribution in [0.2, 0.25) is 0 Å². The molecular weight excluding hydrogens is 178 g/mol. The van der Waals surface area contributed by atoms with Gasteiger partial charge in [-0.3, -0.25) is 0 Å². The second-order valence-electron chi connectivity index (χ2n) is 4.40. The Morgan fingerprint density at radius 3 is 2.79 bits per heavy atom. The zero-order chi connectivity index (χ0) is 10.6. The van der Waals surface area contributed by atoms with Gasteiger partial charge in [0.2, 0.25) is 0 Å². The molecule has 84 valence electrons. The summed E-state index contributed by atoms with van der Waals surface area (Å²) >= 11 is 0. The van der Waals surface area contributed by atoms with Crippen molar-refractivity contribution >= 4 is 0 Å². The average Bonchev–Trinajstić information content (AvgIpc) is 2.50. The zero-order valence-corrected chi connectivity index (χ0v) is 9.57. The summed E-state index contributed by atoms with van der Waals surface area (Å²) in [5, 5.41) is 9.14. The summed E-state index contributed by atoms with van der Waals surface area (Å²) in [6.45, 7) is 5.94. The van der Waals surface area contributed by atoms with Crippen molar-refractivity contribution in [3.63, 3.8) is 0 Å². The molecule has 14 heavy (non-hydrogen) atoms. The first kappa shape index (κ1) is 12.0. The van der Waals surface area contributed by atoms with E-state index in [4.69, 9.17) is 9.84 Å². The monoisotopic (exact) mass is 201 g/mol. The van der Waals surface area contributed by atoms with Crippen LogP contribution in [0, 0.1) is 0 Å². The highest BCUT2D eigenvalue weighted by Gasteiger charge is 2.27. The highest BCUT2D eigenvalue weighted by Crippen LogP contribution is 2.18. The molecule has 0 bridgehead atoms. The van der Waals surface area contributed by atoms with E-state index >= 15 is 0 Å². The smallest absolute Gasteiger partial charge is 0.0702 e. The molecule has 3 nitrogen and oxygen atoms in total. The summed E-state index contributed by atoms with van der Waals surface area (Å²) in [6, 6.07) is 0.573. The molecule has 0 aromatic rings. The van der Waals surface area contributed by atoms with Gasteiger partial charge in [0.25, 0.3) is 0 Å². The quantitative estimate of drug-likeness (QED) is 0.727. The molecule has 0 aliphatic carbocycles. The van der Waals surface area contributed by atoms with Crippen LogP contribution in [0.5, 0.6) is 0 Å². The summed E-state index contributed by atoms with van der Waals surface area (Å²) in [4.78, 5) is 2.36. The van der Waals surface area contributed by atoms with Crippen LogP contribution in [0.3, 0.4) is 0 Å². The van der Waals surface area contributed by atoms with E-state index in [-0.39, 0.29) is 6.10 Å². The van der Waals surface area contributed by atoms with Crippen molar-refractivity contribution in [2.45, 2.75) is 51.4 Å². The molecule has 3 heteroatoms. The Hall–Kier alpha value is -0.120. The van der Waals surface area contributed by atoms with Gasteiger partial charge in [-0.2, -0.15) is 0 Å². The first-order chi connectivity index (χ1) is 6.61. The summed E-state index contributed by atoms with van der Waals surface area (Å²) in [5.74, 6) is 0.